The predicted molar refractivity (Wildman–Crippen MR) is 130 cm³/mol. The van der Waals surface area contributed by atoms with Crippen LogP contribution in [-0.4, -0.2) is 50.9 Å². The standard InChI is InChI=1S/C25H37N5O2/c1-3-32-17-7-13-27-25(28-19-21-8-10-23(31-2)11-9-21)29-20-22-12-14-26-24(18-22)30-15-5-4-6-16-30/h8-12,14,18H,3-7,13,15-17,19-20H2,1-2H3,(H2,27,28,29). The summed E-state index contributed by atoms with van der Waals surface area (Å²) < 4.78 is 10.7. The molecule has 0 unspecified atom stereocenters. The molecule has 0 saturated carbocycles. The van der Waals surface area contributed by atoms with E-state index in [1.807, 2.05) is 31.3 Å². The smallest absolute Gasteiger partial charge is 0.191 e. The van der Waals surface area contributed by atoms with E-state index < -0.39 is 0 Å². The Morgan fingerprint density at radius 2 is 1.88 bits per heavy atom. The largest absolute Gasteiger partial charge is 0.497 e. The van der Waals surface area contributed by atoms with Crippen molar-refractivity contribution < 1.29 is 9.47 Å². The SMILES string of the molecule is CCOCCCNC(=NCc1ccnc(N2CCCCC2)c1)NCc1ccc(OC)cc1. The zero-order valence-corrected chi connectivity index (χ0v) is 19.5. The maximum absolute atomic E-state index is 5.44. The average molecular weight is 440 g/mol. The lowest BCUT2D eigenvalue weighted by Crippen LogP contribution is -2.37. The highest BCUT2D eigenvalue weighted by Crippen LogP contribution is 2.18. The van der Waals surface area contributed by atoms with Gasteiger partial charge in [-0.15, -0.1) is 0 Å². The van der Waals surface area contributed by atoms with Gasteiger partial charge in [0.15, 0.2) is 5.96 Å². The minimum absolute atomic E-state index is 0.604. The number of nitrogens with zero attached hydrogens (tertiary/aromatic N) is 3. The molecule has 2 aromatic rings. The molecule has 1 aliphatic heterocycles. The Morgan fingerprint density at radius 1 is 1.06 bits per heavy atom. The number of methoxy groups -OCH3 is 1. The van der Waals surface area contributed by atoms with Crippen molar-refractivity contribution in [3.8, 4) is 5.75 Å². The summed E-state index contributed by atoms with van der Waals surface area (Å²) in [5.41, 5.74) is 2.34. The molecule has 2 heterocycles. The molecule has 1 aromatic carbocycles. The van der Waals surface area contributed by atoms with Crippen LogP contribution < -0.4 is 20.3 Å². The number of anilines is 1. The maximum Gasteiger partial charge on any atom is 0.191 e. The van der Waals surface area contributed by atoms with Gasteiger partial charge in [0.05, 0.1) is 13.7 Å². The van der Waals surface area contributed by atoms with Gasteiger partial charge in [-0.25, -0.2) is 9.98 Å². The maximum atomic E-state index is 5.44. The molecule has 7 nitrogen and oxygen atoms in total. The summed E-state index contributed by atoms with van der Waals surface area (Å²) in [6.07, 6.45) is 6.64. The fourth-order valence-electron chi connectivity index (χ4n) is 3.65. The monoisotopic (exact) mass is 439 g/mol. The summed E-state index contributed by atoms with van der Waals surface area (Å²) in [6, 6.07) is 12.3. The highest BCUT2D eigenvalue weighted by atomic mass is 16.5. The first kappa shape index (κ1) is 23.9. The fraction of sp³-hybridized carbons (Fsp3) is 0.520. The molecule has 2 N–H and O–H groups in total. The molecule has 3 rings (SSSR count). The number of aromatic nitrogens is 1. The lowest BCUT2D eigenvalue weighted by atomic mass is 10.1. The Bertz CT molecular complexity index is 819. The number of nitrogens with one attached hydrogen (secondary N) is 2. The number of hydrogen-bond acceptors (Lipinski definition) is 5. The van der Waals surface area contributed by atoms with Gasteiger partial charge in [0.2, 0.25) is 0 Å². The summed E-state index contributed by atoms with van der Waals surface area (Å²) in [5.74, 6) is 2.72. The number of ether oxygens (including phenoxy) is 2. The summed E-state index contributed by atoms with van der Waals surface area (Å²) in [4.78, 5) is 11.8. The predicted octanol–water partition coefficient (Wildman–Crippen LogP) is 3.74. The van der Waals surface area contributed by atoms with Crippen molar-refractivity contribution in [1.82, 2.24) is 15.6 Å². The highest BCUT2D eigenvalue weighted by molar-refractivity contribution is 5.79. The Morgan fingerprint density at radius 3 is 2.62 bits per heavy atom. The van der Waals surface area contributed by atoms with Crippen LogP contribution in [0.25, 0.3) is 0 Å². The van der Waals surface area contributed by atoms with Gasteiger partial charge in [-0.2, -0.15) is 0 Å². The van der Waals surface area contributed by atoms with Crippen molar-refractivity contribution in [3.63, 3.8) is 0 Å². The second-order valence-electron chi connectivity index (χ2n) is 7.91. The normalized spacial score (nSPS) is 14.3. The van der Waals surface area contributed by atoms with E-state index in [9.17, 15) is 0 Å². The Hall–Kier alpha value is -2.80. The molecule has 1 aromatic heterocycles. The van der Waals surface area contributed by atoms with Gasteiger partial charge in [0.25, 0.3) is 0 Å². The van der Waals surface area contributed by atoms with Crippen molar-refractivity contribution >= 4 is 11.8 Å². The van der Waals surface area contributed by atoms with Gasteiger partial charge >= 0.3 is 0 Å². The Balaban J connectivity index is 1.60. The van der Waals surface area contributed by atoms with E-state index in [1.165, 1.54) is 30.4 Å². The number of hydrogen-bond donors (Lipinski definition) is 2. The first-order valence-corrected chi connectivity index (χ1v) is 11.7. The van der Waals surface area contributed by atoms with Crippen LogP contribution in [0, 0.1) is 0 Å². The fourth-order valence-corrected chi connectivity index (χ4v) is 3.65. The zero-order chi connectivity index (χ0) is 22.4. The average Bonchev–Trinajstić information content (AvgIpc) is 2.86. The molecule has 0 radical (unpaired) electrons. The molecular formula is C25H37N5O2. The van der Waals surface area contributed by atoms with Gasteiger partial charge in [-0.1, -0.05) is 12.1 Å². The number of rotatable bonds is 11. The van der Waals surface area contributed by atoms with Gasteiger partial charge in [0.1, 0.15) is 11.6 Å². The molecule has 0 amide bonds. The topological polar surface area (TPSA) is 71.0 Å². The van der Waals surface area contributed by atoms with Gasteiger partial charge in [-0.05, 0) is 68.0 Å². The van der Waals surface area contributed by atoms with Crippen LogP contribution in [0.5, 0.6) is 5.75 Å². The molecule has 0 aliphatic carbocycles. The first-order valence-electron chi connectivity index (χ1n) is 11.7. The summed E-state index contributed by atoms with van der Waals surface area (Å²) >= 11 is 0. The minimum Gasteiger partial charge on any atom is -0.497 e. The lowest BCUT2D eigenvalue weighted by Gasteiger charge is -2.27. The number of guanidine groups is 1. The molecule has 174 valence electrons. The van der Waals surface area contributed by atoms with Crippen molar-refractivity contribution in [2.45, 2.75) is 45.7 Å². The first-order chi connectivity index (χ1) is 15.8. The summed E-state index contributed by atoms with van der Waals surface area (Å²) in [7, 11) is 1.68. The summed E-state index contributed by atoms with van der Waals surface area (Å²) in [5, 5.41) is 6.87. The van der Waals surface area contributed by atoms with Crippen molar-refractivity contribution in [3.05, 3.63) is 53.7 Å². The molecule has 1 aliphatic rings. The van der Waals surface area contributed by atoms with Crippen LogP contribution in [0.3, 0.4) is 0 Å². The van der Waals surface area contributed by atoms with Crippen LogP contribution in [0.1, 0.15) is 43.7 Å². The van der Waals surface area contributed by atoms with E-state index in [0.29, 0.717) is 13.1 Å². The van der Waals surface area contributed by atoms with Crippen molar-refractivity contribution in [2.24, 2.45) is 4.99 Å². The second-order valence-corrected chi connectivity index (χ2v) is 7.91. The third-order valence-electron chi connectivity index (χ3n) is 5.49. The number of aliphatic imine (C=N–C) groups is 1. The van der Waals surface area contributed by atoms with E-state index in [0.717, 1.165) is 56.8 Å². The Kier molecular flexibility index (Phi) is 10.1. The molecule has 7 heteroatoms. The van der Waals surface area contributed by atoms with Crippen molar-refractivity contribution in [1.29, 1.82) is 0 Å². The molecular weight excluding hydrogens is 402 g/mol. The van der Waals surface area contributed by atoms with E-state index in [2.05, 4.69) is 38.7 Å². The van der Waals surface area contributed by atoms with E-state index in [1.54, 1.807) is 7.11 Å². The van der Waals surface area contributed by atoms with Crippen LogP contribution >= 0.6 is 0 Å². The van der Waals surface area contributed by atoms with E-state index >= 15 is 0 Å². The van der Waals surface area contributed by atoms with Crippen LogP contribution in [0.4, 0.5) is 5.82 Å². The van der Waals surface area contributed by atoms with Crippen LogP contribution in [0.2, 0.25) is 0 Å². The van der Waals surface area contributed by atoms with E-state index in [-0.39, 0.29) is 0 Å². The molecule has 1 saturated heterocycles. The van der Waals surface area contributed by atoms with Crippen LogP contribution in [-0.2, 0) is 17.8 Å². The van der Waals surface area contributed by atoms with Gasteiger partial charge in [0, 0.05) is 45.6 Å². The Labute approximate surface area is 192 Å². The third-order valence-corrected chi connectivity index (χ3v) is 5.49. The quantitative estimate of drug-likeness (QED) is 0.316. The number of piperidine rings is 1. The summed E-state index contributed by atoms with van der Waals surface area (Å²) in [6.45, 7) is 7.80. The number of benzene rings is 1. The van der Waals surface area contributed by atoms with Crippen LogP contribution in [0.15, 0.2) is 47.6 Å². The van der Waals surface area contributed by atoms with E-state index in [4.69, 9.17) is 14.5 Å². The zero-order valence-electron chi connectivity index (χ0n) is 19.5. The molecule has 1 fully saturated rings. The molecule has 32 heavy (non-hydrogen) atoms. The van der Waals surface area contributed by atoms with Gasteiger partial charge in [-0.3, -0.25) is 0 Å². The minimum atomic E-state index is 0.604. The van der Waals surface area contributed by atoms with Gasteiger partial charge < -0.3 is 25.0 Å². The number of pyridine rings is 1. The molecule has 0 spiro atoms. The second kappa shape index (κ2) is 13.6. The lowest BCUT2D eigenvalue weighted by molar-refractivity contribution is 0.145. The third kappa shape index (κ3) is 8.04. The van der Waals surface area contributed by atoms with Crippen molar-refractivity contribution in [2.75, 3.05) is 44.9 Å². The molecule has 0 bridgehead atoms. The molecule has 0 atom stereocenters. The highest BCUT2D eigenvalue weighted by Gasteiger charge is 2.12.